The van der Waals surface area contributed by atoms with E-state index in [2.05, 4.69) is 6.58 Å². The molecule has 16 heavy (non-hydrogen) atoms. The van der Waals surface area contributed by atoms with Crippen LogP contribution in [0.3, 0.4) is 0 Å². The molecule has 2 nitrogen and oxygen atoms in total. The lowest BCUT2D eigenvalue weighted by Crippen LogP contribution is -1.98. The third-order valence-electron chi connectivity index (χ3n) is 2.67. The van der Waals surface area contributed by atoms with Gasteiger partial charge in [0.1, 0.15) is 11.6 Å². The van der Waals surface area contributed by atoms with Crippen molar-refractivity contribution in [2.45, 2.75) is 64.7 Å². The second kappa shape index (κ2) is 10.6. The zero-order chi connectivity index (χ0) is 12.2. The molecule has 0 aromatic carbocycles. The van der Waals surface area contributed by atoms with Crippen molar-refractivity contribution in [1.29, 1.82) is 0 Å². The normalized spacial score (nSPS) is 10.1. The Bertz CT molecular complexity index is 219. The molecule has 0 aliphatic rings. The first-order valence-corrected chi connectivity index (χ1v) is 6.35. The van der Waals surface area contributed by atoms with Crippen molar-refractivity contribution in [3.05, 3.63) is 12.7 Å². The minimum atomic E-state index is 0.331. The molecule has 0 amide bonds. The van der Waals surface area contributed by atoms with Crippen LogP contribution < -0.4 is 0 Å². The summed E-state index contributed by atoms with van der Waals surface area (Å²) in [7, 11) is 0. The zero-order valence-electron chi connectivity index (χ0n) is 10.5. The first kappa shape index (κ1) is 15.1. The summed E-state index contributed by atoms with van der Waals surface area (Å²) in [4.78, 5) is 22.4. The van der Waals surface area contributed by atoms with Crippen molar-refractivity contribution < 1.29 is 9.59 Å². The smallest absolute Gasteiger partial charge is 0.132 e. The molecule has 0 saturated heterocycles. The van der Waals surface area contributed by atoms with Gasteiger partial charge in [-0.25, -0.2) is 0 Å². The Kier molecular flexibility index (Phi) is 9.98. The molecule has 0 bridgehead atoms. The van der Waals surface area contributed by atoms with Gasteiger partial charge in [0.25, 0.3) is 0 Å². The van der Waals surface area contributed by atoms with Gasteiger partial charge in [0, 0.05) is 25.7 Å². The third kappa shape index (κ3) is 9.63. The van der Waals surface area contributed by atoms with Crippen molar-refractivity contribution in [1.82, 2.24) is 0 Å². The molecule has 0 spiro atoms. The van der Waals surface area contributed by atoms with Crippen molar-refractivity contribution >= 4 is 11.6 Å². The Labute approximate surface area is 99.1 Å². The Morgan fingerprint density at radius 3 is 2.06 bits per heavy atom. The van der Waals surface area contributed by atoms with Gasteiger partial charge in [-0.2, -0.15) is 0 Å². The molecular weight excluding hydrogens is 200 g/mol. The summed E-state index contributed by atoms with van der Waals surface area (Å²) in [5.41, 5.74) is 0. The summed E-state index contributed by atoms with van der Waals surface area (Å²) >= 11 is 0. The molecule has 0 rings (SSSR count). The summed E-state index contributed by atoms with van der Waals surface area (Å²) in [6.07, 6.45) is 9.26. The fourth-order valence-corrected chi connectivity index (χ4v) is 1.57. The molecule has 2 heteroatoms. The number of Topliss-reactive ketones (excluding diaryl/α,β-unsaturated/α-hetero) is 2. The SMILES string of the molecule is C=CCCCC(=O)CCCCCC(=O)CC. The Balaban J connectivity index is 3.27. The molecule has 0 radical (unpaired) electrons. The quantitative estimate of drug-likeness (QED) is 0.394. The van der Waals surface area contributed by atoms with Gasteiger partial charge < -0.3 is 0 Å². The first-order valence-electron chi connectivity index (χ1n) is 6.35. The van der Waals surface area contributed by atoms with Crippen LogP contribution in [-0.2, 0) is 9.59 Å². The molecular formula is C14H24O2. The van der Waals surface area contributed by atoms with E-state index in [4.69, 9.17) is 0 Å². The maximum atomic E-state index is 11.4. The number of carbonyl (C=O) groups is 2. The van der Waals surface area contributed by atoms with E-state index in [1.807, 2.05) is 13.0 Å². The van der Waals surface area contributed by atoms with Gasteiger partial charge in [-0.05, 0) is 25.7 Å². The predicted molar refractivity (Wildman–Crippen MR) is 67.4 cm³/mol. The fourth-order valence-electron chi connectivity index (χ4n) is 1.57. The maximum absolute atomic E-state index is 11.4. The average molecular weight is 224 g/mol. The van der Waals surface area contributed by atoms with Gasteiger partial charge in [0.15, 0.2) is 0 Å². The number of allylic oxidation sites excluding steroid dienone is 1. The third-order valence-corrected chi connectivity index (χ3v) is 2.67. The lowest BCUT2D eigenvalue weighted by molar-refractivity contribution is -0.119. The molecule has 0 fully saturated rings. The van der Waals surface area contributed by atoms with Crippen LogP contribution in [0.5, 0.6) is 0 Å². The molecule has 0 heterocycles. The highest BCUT2D eigenvalue weighted by molar-refractivity contribution is 5.78. The van der Waals surface area contributed by atoms with E-state index in [9.17, 15) is 9.59 Å². The lowest BCUT2D eigenvalue weighted by atomic mass is 10.0. The summed E-state index contributed by atoms with van der Waals surface area (Å²) in [5, 5.41) is 0. The van der Waals surface area contributed by atoms with E-state index < -0.39 is 0 Å². The molecule has 0 saturated carbocycles. The molecule has 0 aromatic rings. The molecule has 0 unspecified atom stereocenters. The predicted octanol–water partition coefficient (Wildman–Crippen LogP) is 3.84. The number of hydrogen-bond donors (Lipinski definition) is 0. The standard InChI is InChI=1S/C14H24O2/c1-3-5-7-11-14(16)12-9-6-8-10-13(15)4-2/h3H,1,4-12H2,2H3. The monoisotopic (exact) mass is 224 g/mol. The van der Waals surface area contributed by atoms with Crippen molar-refractivity contribution in [3.8, 4) is 0 Å². The van der Waals surface area contributed by atoms with E-state index in [1.165, 1.54) is 0 Å². The fraction of sp³-hybridized carbons (Fsp3) is 0.714. The van der Waals surface area contributed by atoms with E-state index in [1.54, 1.807) is 0 Å². The van der Waals surface area contributed by atoms with E-state index in [0.29, 0.717) is 37.2 Å². The van der Waals surface area contributed by atoms with Crippen LogP contribution in [0, 0.1) is 0 Å². The van der Waals surface area contributed by atoms with Gasteiger partial charge in [-0.3, -0.25) is 9.59 Å². The summed E-state index contributed by atoms with van der Waals surface area (Å²) < 4.78 is 0. The summed E-state index contributed by atoms with van der Waals surface area (Å²) in [6.45, 7) is 5.52. The molecule has 0 atom stereocenters. The highest BCUT2D eigenvalue weighted by Gasteiger charge is 2.02. The van der Waals surface area contributed by atoms with Gasteiger partial charge in [0.05, 0.1) is 0 Å². The average Bonchev–Trinajstić information content (AvgIpc) is 2.28. The molecule has 0 N–H and O–H groups in total. The van der Waals surface area contributed by atoms with Gasteiger partial charge in [-0.1, -0.05) is 19.4 Å². The summed E-state index contributed by atoms with van der Waals surface area (Å²) in [6, 6.07) is 0. The van der Waals surface area contributed by atoms with E-state index in [-0.39, 0.29) is 0 Å². The number of unbranched alkanes of at least 4 members (excludes halogenated alkanes) is 3. The zero-order valence-corrected chi connectivity index (χ0v) is 10.5. The minimum absolute atomic E-state index is 0.331. The van der Waals surface area contributed by atoms with Crippen molar-refractivity contribution in [3.63, 3.8) is 0 Å². The minimum Gasteiger partial charge on any atom is -0.300 e. The lowest BCUT2D eigenvalue weighted by Gasteiger charge is -2.00. The molecule has 0 aliphatic carbocycles. The topological polar surface area (TPSA) is 34.1 Å². The number of ketones is 2. The van der Waals surface area contributed by atoms with E-state index >= 15 is 0 Å². The van der Waals surface area contributed by atoms with Crippen LogP contribution in [0.2, 0.25) is 0 Å². The van der Waals surface area contributed by atoms with Crippen LogP contribution in [0.1, 0.15) is 64.7 Å². The molecule has 0 aliphatic heterocycles. The van der Waals surface area contributed by atoms with Gasteiger partial charge in [-0.15, -0.1) is 6.58 Å². The molecule has 0 aromatic heterocycles. The Morgan fingerprint density at radius 2 is 1.50 bits per heavy atom. The highest BCUT2D eigenvalue weighted by Crippen LogP contribution is 2.08. The Morgan fingerprint density at radius 1 is 0.938 bits per heavy atom. The van der Waals surface area contributed by atoms with Gasteiger partial charge >= 0.3 is 0 Å². The van der Waals surface area contributed by atoms with Crippen LogP contribution in [0.25, 0.3) is 0 Å². The largest absolute Gasteiger partial charge is 0.300 e. The highest BCUT2D eigenvalue weighted by atomic mass is 16.1. The van der Waals surface area contributed by atoms with Crippen LogP contribution in [0.4, 0.5) is 0 Å². The number of rotatable bonds is 11. The number of hydrogen-bond acceptors (Lipinski definition) is 2. The first-order chi connectivity index (χ1) is 7.70. The van der Waals surface area contributed by atoms with Gasteiger partial charge in [0.2, 0.25) is 0 Å². The van der Waals surface area contributed by atoms with E-state index in [0.717, 1.165) is 32.1 Å². The van der Waals surface area contributed by atoms with Crippen LogP contribution in [0.15, 0.2) is 12.7 Å². The summed E-state index contributed by atoms with van der Waals surface area (Å²) in [5.74, 6) is 0.681. The Hall–Kier alpha value is -0.920. The van der Waals surface area contributed by atoms with Crippen molar-refractivity contribution in [2.75, 3.05) is 0 Å². The second-order valence-corrected chi connectivity index (χ2v) is 4.17. The van der Waals surface area contributed by atoms with Crippen LogP contribution in [-0.4, -0.2) is 11.6 Å². The van der Waals surface area contributed by atoms with Crippen molar-refractivity contribution in [2.24, 2.45) is 0 Å². The second-order valence-electron chi connectivity index (χ2n) is 4.17. The molecule has 92 valence electrons. The maximum Gasteiger partial charge on any atom is 0.132 e. The number of carbonyl (C=O) groups excluding carboxylic acids is 2. The van der Waals surface area contributed by atoms with Crippen LogP contribution >= 0.6 is 0 Å².